The van der Waals surface area contributed by atoms with Crippen LogP contribution in [0.2, 0.25) is 0 Å². The Morgan fingerprint density at radius 2 is 2.21 bits per heavy atom. The van der Waals surface area contributed by atoms with E-state index in [2.05, 4.69) is 11.9 Å². The van der Waals surface area contributed by atoms with Gasteiger partial charge in [-0.2, -0.15) is 0 Å². The van der Waals surface area contributed by atoms with Crippen molar-refractivity contribution >= 4 is 5.91 Å². The topological polar surface area (TPSA) is 29.1 Å². The van der Waals surface area contributed by atoms with Crippen molar-refractivity contribution < 1.29 is 13.6 Å². The molecule has 0 aliphatic carbocycles. The second kappa shape index (κ2) is 4.50. The van der Waals surface area contributed by atoms with E-state index in [1.165, 1.54) is 0 Å². The molecule has 0 saturated heterocycles. The summed E-state index contributed by atoms with van der Waals surface area (Å²) in [5.74, 6) is -1.50. The fourth-order valence-electron chi connectivity index (χ4n) is 0.933. The maximum atomic E-state index is 13.0. The highest BCUT2D eigenvalue weighted by molar-refractivity contribution is 5.86. The lowest BCUT2D eigenvalue weighted by molar-refractivity contribution is -0.116. The summed E-state index contributed by atoms with van der Waals surface area (Å²) in [6, 6.07) is 3.08. The van der Waals surface area contributed by atoms with Gasteiger partial charge < -0.3 is 5.32 Å². The van der Waals surface area contributed by atoms with Gasteiger partial charge in [0.2, 0.25) is 5.91 Å². The highest BCUT2D eigenvalue weighted by Gasteiger charge is 2.04. The molecule has 14 heavy (non-hydrogen) atoms. The first-order valence-electron chi connectivity index (χ1n) is 3.97. The van der Waals surface area contributed by atoms with E-state index in [0.29, 0.717) is 0 Å². The molecule has 0 aliphatic rings. The first-order valence-corrected chi connectivity index (χ1v) is 3.97. The van der Waals surface area contributed by atoms with E-state index < -0.39 is 17.5 Å². The van der Waals surface area contributed by atoms with Crippen LogP contribution in [0.1, 0.15) is 5.56 Å². The van der Waals surface area contributed by atoms with E-state index in [1.807, 2.05) is 0 Å². The molecule has 1 aromatic rings. The lowest BCUT2D eigenvalue weighted by atomic mass is 10.2. The van der Waals surface area contributed by atoms with Gasteiger partial charge in [0, 0.05) is 12.1 Å². The third kappa shape index (κ3) is 2.65. The van der Waals surface area contributed by atoms with Gasteiger partial charge in [-0.1, -0.05) is 6.58 Å². The van der Waals surface area contributed by atoms with Gasteiger partial charge in [0.25, 0.3) is 0 Å². The summed E-state index contributed by atoms with van der Waals surface area (Å²) in [5, 5.41) is 2.35. The van der Waals surface area contributed by atoms with Crippen LogP contribution in [-0.4, -0.2) is 5.91 Å². The van der Waals surface area contributed by atoms with Crippen LogP contribution < -0.4 is 5.32 Å². The van der Waals surface area contributed by atoms with Gasteiger partial charge in [-0.3, -0.25) is 4.79 Å². The summed E-state index contributed by atoms with van der Waals surface area (Å²) in [7, 11) is 0. The minimum absolute atomic E-state index is 0.0472. The Labute approximate surface area is 80.2 Å². The molecule has 0 spiro atoms. The molecule has 0 heterocycles. The molecule has 1 rings (SSSR count). The normalized spacial score (nSPS) is 9.57. The predicted octanol–water partition coefficient (Wildman–Crippen LogP) is 1.77. The van der Waals surface area contributed by atoms with Crippen LogP contribution >= 0.6 is 0 Å². The summed E-state index contributed by atoms with van der Waals surface area (Å²) >= 11 is 0. The number of rotatable bonds is 3. The monoisotopic (exact) mass is 197 g/mol. The summed E-state index contributed by atoms with van der Waals surface area (Å²) in [6.07, 6.45) is 1.07. The average Bonchev–Trinajstić information content (AvgIpc) is 2.19. The number of carbonyl (C=O) groups is 1. The van der Waals surface area contributed by atoms with E-state index in [-0.39, 0.29) is 12.1 Å². The Bertz CT molecular complexity index is 363. The molecule has 0 saturated carbocycles. The first kappa shape index (κ1) is 10.4. The lowest BCUT2D eigenvalue weighted by Crippen LogP contribution is -2.20. The SMILES string of the molecule is C=CC(=O)NCc1cc(F)ccc1F. The molecule has 0 unspecified atom stereocenters. The Kier molecular flexibility index (Phi) is 3.34. The molecule has 0 atom stereocenters. The minimum Gasteiger partial charge on any atom is -0.348 e. The van der Waals surface area contributed by atoms with E-state index in [4.69, 9.17) is 0 Å². The van der Waals surface area contributed by atoms with Crippen molar-refractivity contribution in [1.29, 1.82) is 0 Å². The van der Waals surface area contributed by atoms with Crippen molar-refractivity contribution in [2.75, 3.05) is 0 Å². The van der Waals surface area contributed by atoms with Gasteiger partial charge in [-0.25, -0.2) is 8.78 Å². The lowest BCUT2D eigenvalue weighted by Gasteiger charge is -2.03. The maximum absolute atomic E-state index is 13.0. The molecule has 0 aliphatic heterocycles. The number of hydrogen-bond donors (Lipinski definition) is 1. The van der Waals surface area contributed by atoms with Gasteiger partial charge in [-0.15, -0.1) is 0 Å². The zero-order valence-electron chi connectivity index (χ0n) is 7.39. The van der Waals surface area contributed by atoms with Crippen LogP contribution in [0, 0.1) is 11.6 Å². The van der Waals surface area contributed by atoms with Crippen molar-refractivity contribution in [1.82, 2.24) is 5.32 Å². The van der Waals surface area contributed by atoms with Crippen LogP contribution in [0.25, 0.3) is 0 Å². The standard InChI is InChI=1S/C10H9F2NO/c1-2-10(14)13-6-7-5-8(11)3-4-9(7)12/h2-5H,1,6H2,(H,13,14). The molecular weight excluding hydrogens is 188 g/mol. The molecule has 0 aromatic heterocycles. The Morgan fingerprint density at radius 1 is 1.50 bits per heavy atom. The number of benzene rings is 1. The van der Waals surface area contributed by atoms with Crippen LogP contribution in [-0.2, 0) is 11.3 Å². The average molecular weight is 197 g/mol. The van der Waals surface area contributed by atoms with Crippen molar-refractivity contribution in [3.05, 3.63) is 48.1 Å². The zero-order chi connectivity index (χ0) is 10.6. The molecule has 4 heteroatoms. The molecule has 0 radical (unpaired) electrons. The Balaban J connectivity index is 2.71. The van der Waals surface area contributed by atoms with Crippen molar-refractivity contribution in [2.45, 2.75) is 6.54 Å². The van der Waals surface area contributed by atoms with Gasteiger partial charge in [0.05, 0.1) is 0 Å². The van der Waals surface area contributed by atoms with Crippen LogP contribution in [0.15, 0.2) is 30.9 Å². The van der Waals surface area contributed by atoms with E-state index in [0.717, 1.165) is 24.3 Å². The Hall–Kier alpha value is -1.71. The highest BCUT2D eigenvalue weighted by Crippen LogP contribution is 2.08. The second-order valence-corrected chi connectivity index (χ2v) is 2.66. The number of amides is 1. The quantitative estimate of drug-likeness (QED) is 0.735. The predicted molar refractivity (Wildman–Crippen MR) is 48.4 cm³/mol. The second-order valence-electron chi connectivity index (χ2n) is 2.66. The number of nitrogens with one attached hydrogen (secondary N) is 1. The molecule has 1 N–H and O–H groups in total. The van der Waals surface area contributed by atoms with E-state index in [9.17, 15) is 13.6 Å². The molecule has 1 aromatic carbocycles. The summed E-state index contributed by atoms with van der Waals surface area (Å²) < 4.78 is 25.6. The molecular formula is C10H9F2NO. The fraction of sp³-hybridized carbons (Fsp3) is 0.100. The maximum Gasteiger partial charge on any atom is 0.243 e. The molecule has 74 valence electrons. The minimum atomic E-state index is -0.546. The van der Waals surface area contributed by atoms with E-state index in [1.54, 1.807) is 0 Å². The van der Waals surface area contributed by atoms with Gasteiger partial charge >= 0.3 is 0 Å². The van der Waals surface area contributed by atoms with Crippen LogP contribution in [0.3, 0.4) is 0 Å². The van der Waals surface area contributed by atoms with Gasteiger partial charge in [0.15, 0.2) is 0 Å². The number of carbonyl (C=O) groups excluding carboxylic acids is 1. The molecule has 1 amide bonds. The summed E-state index contributed by atoms with van der Waals surface area (Å²) in [6.45, 7) is 3.19. The van der Waals surface area contributed by atoms with Crippen molar-refractivity contribution in [2.24, 2.45) is 0 Å². The van der Waals surface area contributed by atoms with Crippen LogP contribution in [0.4, 0.5) is 8.78 Å². The van der Waals surface area contributed by atoms with Crippen LogP contribution in [0.5, 0.6) is 0 Å². The number of halogens is 2. The van der Waals surface area contributed by atoms with Gasteiger partial charge in [-0.05, 0) is 24.3 Å². The molecule has 0 bridgehead atoms. The Morgan fingerprint density at radius 3 is 2.86 bits per heavy atom. The third-order valence-electron chi connectivity index (χ3n) is 1.65. The van der Waals surface area contributed by atoms with E-state index >= 15 is 0 Å². The van der Waals surface area contributed by atoms with Crippen molar-refractivity contribution in [3.63, 3.8) is 0 Å². The molecule has 2 nitrogen and oxygen atoms in total. The zero-order valence-corrected chi connectivity index (χ0v) is 7.39. The highest BCUT2D eigenvalue weighted by atomic mass is 19.1. The largest absolute Gasteiger partial charge is 0.348 e. The third-order valence-corrected chi connectivity index (χ3v) is 1.65. The summed E-state index contributed by atoms with van der Waals surface area (Å²) in [4.78, 5) is 10.7. The van der Waals surface area contributed by atoms with Gasteiger partial charge in [0.1, 0.15) is 11.6 Å². The molecule has 0 fully saturated rings. The fourth-order valence-corrected chi connectivity index (χ4v) is 0.933. The number of hydrogen-bond acceptors (Lipinski definition) is 1. The van der Waals surface area contributed by atoms with Crippen molar-refractivity contribution in [3.8, 4) is 0 Å². The smallest absolute Gasteiger partial charge is 0.243 e. The first-order chi connectivity index (χ1) is 6.63. The summed E-state index contributed by atoms with van der Waals surface area (Å²) in [5.41, 5.74) is 0.111.